The molecule has 0 amide bonds. The molecule has 0 aliphatic heterocycles. The number of rotatable bonds is 83. The lowest BCUT2D eigenvalue weighted by molar-refractivity contribution is -0.870. The first-order valence-corrected chi connectivity index (χ1v) is 43.2. The van der Waals surface area contributed by atoms with Crippen molar-refractivity contribution in [3.05, 3.63) is 0 Å². The van der Waals surface area contributed by atoms with Gasteiger partial charge < -0.3 is 28.5 Å². The average Bonchev–Trinajstić information content (AvgIpc) is 3.58. The zero-order valence-corrected chi connectivity index (χ0v) is 65.1. The van der Waals surface area contributed by atoms with Crippen molar-refractivity contribution in [1.82, 2.24) is 0 Å². The van der Waals surface area contributed by atoms with Gasteiger partial charge in [0.05, 0.1) is 34.4 Å². The molecular weight excluding hydrogens is 1170 g/mol. The van der Waals surface area contributed by atoms with Crippen LogP contribution in [0.15, 0.2) is 0 Å². The van der Waals surface area contributed by atoms with E-state index < -0.39 is 18.4 Å². The number of hydrogen-bond acceptors (Lipinski definition) is 7. The van der Waals surface area contributed by atoms with Crippen molar-refractivity contribution in [1.29, 1.82) is 0 Å². The fourth-order valence-corrected chi connectivity index (χ4v) is 13.8. The number of nitrogens with zero attached hydrogens (tertiary/aromatic N) is 1. The molecule has 0 aromatic carbocycles. The van der Waals surface area contributed by atoms with Crippen LogP contribution >= 0.6 is 0 Å². The van der Waals surface area contributed by atoms with Crippen molar-refractivity contribution in [3.63, 3.8) is 0 Å². The number of aliphatic carboxylic acids is 1. The highest BCUT2D eigenvalue weighted by molar-refractivity contribution is 5.71. The Morgan fingerprint density at radius 3 is 0.674 bits per heavy atom. The van der Waals surface area contributed by atoms with Crippen LogP contribution < -0.4 is 0 Å². The number of esters is 2. The van der Waals surface area contributed by atoms with Crippen LogP contribution in [0.1, 0.15) is 476 Å². The molecule has 0 saturated heterocycles. The zero-order valence-electron chi connectivity index (χ0n) is 65.1. The molecule has 2 atom stereocenters. The summed E-state index contributed by atoms with van der Waals surface area (Å²) in [6, 6.07) is 0. The smallest absolute Gasteiger partial charge is 0.361 e. The van der Waals surface area contributed by atoms with Gasteiger partial charge in [-0.15, -0.1) is 0 Å². The number of carbonyl (C=O) groups excluding carboxylic acids is 2. The molecule has 566 valence electrons. The Balaban J connectivity index is 3.90. The predicted octanol–water partition coefficient (Wildman–Crippen LogP) is 27.7. The second-order valence-electron chi connectivity index (χ2n) is 31.2. The number of ether oxygens (including phenoxy) is 4. The minimum absolute atomic E-state index is 0.171. The van der Waals surface area contributed by atoms with Crippen LogP contribution in [0.5, 0.6) is 0 Å². The Hall–Kier alpha value is -1.71. The third-order valence-electron chi connectivity index (χ3n) is 20.4. The van der Waals surface area contributed by atoms with Crippen LogP contribution in [-0.4, -0.2) is 87.4 Å². The Kier molecular flexibility index (Phi) is 76.6. The number of carboxylic acids is 1. The highest BCUT2D eigenvalue weighted by Crippen LogP contribution is 2.21. The van der Waals surface area contributed by atoms with Crippen LogP contribution in [-0.2, 0) is 33.3 Å². The van der Waals surface area contributed by atoms with E-state index >= 15 is 0 Å². The molecule has 1 N–H and O–H groups in total. The highest BCUT2D eigenvalue weighted by Gasteiger charge is 2.25. The quantitative estimate of drug-likeness (QED) is 0.0278. The van der Waals surface area contributed by atoms with Gasteiger partial charge in [-0.2, -0.15) is 0 Å². The standard InChI is InChI=1S/C86H169NO8/c1-6-8-10-12-14-16-18-20-22-24-26-28-30-32-34-36-38-40-41-42-43-44-45-47-49-51-53-55-57-59-61-63-65-67-69-71-73-75-77-84(89)95-82(81-94-86(85(90)91)92-79-78-87(3,4)5)80-93-83(88)76-74-72-70-68-66-64-62-60-58-56-54-52-50-48-46-39-37-35-33-31-29-27-25-23-21-19-17-15-13-11-9-7-2/h82,86H,6-81H2,1-5H3/p+1. The maximum absolute atomic E-state index is 13.0. The summed E-state index contributed by atoms with van der Waals surface area (Å²) in [6.45, 7) is 4.99. The van der Waals surface area contributed by atoms with Crippen LogP contribution in [0.4, 0.5) is 0 Å². The van der Waals surface area contributed by atoms with Gasteiger partial charge in [-0.1, -0.05) is 450 Å². The molecule has 0 fully saturated rings. The maximum atomic E-state index is 13.0. The third-order valence-corrected chi connectivity index (χ3v) is 20.4. The lowest BCUT2D eigenvalue weighted by Crippen LogP contribution is -2.40. The average molecular weight is 1350 g/mol. The van der Waals surface area contributed by atoms with Crippen molar-refractivity contribution < 1.29 is 42.9 Å². The van der Waals surface area contributed by atoms with Crippen LogP contribution in [0.3, 0.4) is 0 Å². The van der Waals surface area contributed by atoms with Crippen molar-refractivity contribution in [2.45, 2.75) is 489 Å². The summed E-state index contributed by atoms with van der Waals surface area (Å²) in [6.07, 6.45) is 94.5. The van der Waals surface area contributed by atoms with Gasteiger partial charge in [0.15, 0.2) is 6.10 Å². The highest BCUT2D eigenvalue weighted by atomic mass is 16.7. The minimum atomic E-state index is -1.51. The van der Waals surface area contributed by atoms with Gasteiger partial charge in [0.25, 0.3) is 6.29 Å². The van der Waals surface area contributed by atoms with Crippen molar-refractivity contribution in [2.24, 2.45) is 0 Å². The lowest BCUT2D eigenvalue weighted by Gasteiger charge is -2.25. The fourth-order valence-electron chi connectivity index (χ4n) is 13.8. The summed E-state index contributed by atoms with van der Waals surface area (Å²) >= 11 is 0. The topological polar surface area (TPSA) is 108 Å². The predicted molar refractivity (Wildman–Crippen MR) is 411 cm³/mol. The molecule has 0 heterocycles. The van der Waals surface area contributed by atoms with Crippen molar-refractivity contribution in [3.8, 4) is 0 Å². The van der Waals surface area contributed by atoms with Gasteiger partial charge in [0.2, 0.25) is 0 Å². The van der Waals surface area contributed by atoms with E-state index in [0.717, 1.165) is 38.5 Å². The van der Waals surface area contributed by atoms with Crippen LogP contribution in [0, 0.1) is 0 Å². The van der Waals surface area contributed by atoms with Gasteiger partial charge in [0.1, 0.15) is 13.2 Å². The Morgan fingerprint density at radius 2 is 0.474 bits per heavy atom. The SMILES string of the molecule is CCCCCCCCCCCCCCCCCCCCCCCCCCCCCCCCCCCCCCCCC(=O)OC(COC(=O)CCCCCCCCCCCCCCCCCCCCCCCCCCCCCCCCCC)COC(OCC[N+](C)(C)C)C(=O)O. The van der Waals surface area contributed by atoms with Gasteiger partial charge in [0, 0.05) is 12.8 Å². The minimum Gasteiger partial charge on any atom is -0.477 e. The molecule has 0 aliphatic rings. The van der Waals surface area contributed by atoms with E-state index in [-0.39, 0.29) is 38.2 Å². The van der Waals surface area contributed by atoms with E-state index in [4.69, 9.17) is 18.9 Å². The summed E-state index contributed by atoms with van der Waals surface area (Å²) in [4.78, 5) is 37.8. The number of unbranched alkanes of at least 4 members (excludes halogenated alkanes) is 68. The molecule has 0 aromatic heterocycles. The second-order valence-corrected chi connectivity index (χ2v) is 31.2. The van der Waals surface area contributed by atoms with E-state index in [1.54, 1.807) is 0 Å². The monoisotopic (exact) mass is 1350 g/mol. The molecule has 0 rings (SSSR count). The molecule has 2 unspecified atom stereocenters. The van der Waals surface area contributed by atoms with Gasteiger partial charge >= 0.3 is 17.9 Å². The second kappa shape index (κ2) is 78.0. The molecule has 0 saturated carbocycles. The molecule has 0 aromatic rings. The molecule has 95 heavy (non-hydrogen) atoms. The molecule has 9 nitrogen and oxygen atoms in total. The molecule has 0 aliphatic carbocycles. The molecule has 0 bridgehead atoms. The van der Waals surface area contributed by atoms with E-state index in [9.17, 15) is 19.5 Å². The van der Waals surface area contributed by atoms with Gasteiger partial charge in [-0.3, -0.25) is 9.59 Å². The Morgan fingerprint density at radius 1 is 0.274 bits per heavy atom. The summed E-state index contributed by atoms with van der Waals surface area (Å²) < 4.78 is 23.1. The zero-order chi connectivity index (χ0) is 69.0. The summed E-state index contributed by atoms with van der Waals surface area (Å²) in [5.74, 6) is -1.96. The first-order chi connectivity index (χ1) is 46.6. The number of carboxylic acid groups (broad SMARTS) is 1. The fraction of sp³-hybridized carbons (Fsp3) is 0.965. The first kappa shape index (κ1) is 93.3. The first-order valence-electron chi connectivity index (χ1n) is 43.2. The van der Waals surface area contributed by atoms with E-state index in [1.165, 1.54) is 411 Å². The van der Waals surface area contributed by atoms with Crippen LogP contribution in [0.2, 0.25) is 0 Å². The Bertz CT molecular complexity index is 1520. The largest absolute Gasteiger partial charge is 0.477 e. The molecule has 0 radical (unpaired) electrons. The number of hydrogen-bond donors (Lipinski definition) is 1. The van der Waals surface area contributed by atoms with Gasteiger partial charge in [-0.25, -0.2) is 4.79 Å². The van der Waals surface area contributed by atoms with Crippen molar-refractivity contribution >= 4 is 17.9 Å². The third kappa shape index (κ3) is 79.5. The number of quaternary nitrogens is 1. The van der Waals surface area contributed by atoms with Crippen LogP contribution in [0.25, 0.3) is 0 Å². The number of carbonyl (C=O) groups is 3. The van der Waals surface area contributed by atoms with Crippen molar-refractivity contribution in [2.75, 3.05) is 47.5 Å². The molecule has 9 heteroatoms. The summed E-state index contributed by atoms with van der Waals surface area (Å²) in [7, 11) is 6.01. The van der Waals surface area contributed by atoms with E-state index in [1.807, 2.05) is 21.1 Å². The number of likely N-dealkylation sites (N-methyl/N-ethyl adjacent to an activating group) is 1. The summed E-state index contributed by atoms with van der Waals surface area (Å²) in [5, 5.41) is 9.78. The summed E-state index contributed by atoms with van der Waals surface area (Å²) in [5.41, 5.74) is 0. The molecule has 0 spiro atoms. The van der Waals surface area contributed by atoms with Gasteiger partial charge in [-0.05, 0) is 12.8 Å². The van der Waals surface area contributed by atoms with E-state index in [2.05, 4.69) is 13.8 Å². The maximum Gasteiger partial charge on any atom is 0.361 e. The Labute approximate surface area is 593 Å². The van der Waals surface area contributed by atoms with E-state index in [0.29, 0.717) is 17.4 Å². The lowest BCUT2D eigenvalue weighted by atomic mass is 10.0. The normalized spacial score (nSPS) is 12.5. The molecular formula is C86H170NO8+.